The Hall–Kier alpha value is -1.87. The second-order valence-electron chi connectivity index (χ2n) is 5.54. The van der Waals surface area contributed by atoms with E-state index in [-0.39, 0.29) is 0 Å². The van der Waals surface area contributed by atoms with E-state index in [2.05, 4.69) is 59.4 Å². The molecule has 0 radical (unpaired) electrons. The molecule has 104 valence electrons. The zero-order valence-corrected chi connectivity index (χ0v) is 12.4. The van der Waals surface area contributed by atoms with E-state index in [9.17, 15) is 0 Å². The molecule has 3 rings (SSSR count). The number of aromatic nitrogens is 1. The third-order valence-electron chi connectivity index (χ3n) is 3.93. The van der Waals surface area contributed by atoms with E-state index < -0.39 is 0 Å². The quantitative estimate of drug-likeness (QED) is 0.925. The SMILES string of the molecule is CNCc1cnc(C)cc1N1c2ccccc2CC1C. The highest BCUT2D eigenvalue weighted by atomic mass is 15.2. The Morgan fingerprint density at radius 2 is 2.10 bits per heavy atom. The molecular formula is C17H21N3. The van der Waals surface area contributed by atoms with Crippen LogP contribution in [0.1, 0.15) is 23.7 Å². The zero-order valence-electron chi connectivity index (χ0n) is 12.4. The number of para-hydroxylation sites is 1. The van der Waals surface area contributed by atoms with Gasteiger partial charge in [0.25, 0.3) is 0 Å². The van der Waals surface area contributed by atoms with Crippen molar-refractivity contribution in [3.05, 3.63) is 53.3 Å². The summed E-state index contributed by atoms with van der Waals surface area (Å²) in [5.41, 5.74) is 6.37. The van der Waals surface area contributed by atoms with Crippen LogP contribution in [0, 0.1) is 6.92 Å². The Morgan fingerprint density at radius 1 is 1.30 bits per heavy atom. The van der Waals surface area contributed by atoms with Gasteiger partial charge in [0.15, 0.2) is 0 Å². The largest absolute Gasteiger partial charge is 0.338 e. The fourth-order valence-corrected chi connectivity index (χ4v) is 3.06. The van der Waals surface area contributed by atoms with Crippen LogP contribution in [0.15, 0.2) is 36.5 Å². The number of rotatable bonds is 3. The predicted octanol–water partition coefficient (Wildman–Crippen LogP) is 3.19. The molecule has 1 aromatic carbocycles. The van der Waals surface area contributed by atoms with Crippen LogP contribution in [-0.2, 0) is 13.0 Å². The number of benzene rings is 1. The lowest BCUT2D eigenvalue weighted by Gasteiger charge is -2.27. The number of nitrogens with zero attached hydrogens (tertiary/aromatic N) is 2. The highest BCUT2D eigenvalue weighted by Gasteiger charge is 2.28. The van der Waals surface area contributed by atoms with Crippen LogP contribution in [0.3, 0.4) is 0 Å². The Bertz CT molecular complexity index is 621. The maximum absolute atomic E-state index is 4.44. The molecule has 0 fully saturated rings. The van der Waals surface area contributed by atoms with Crippen molar-refractivity contribution in [1.29, 1.82) is 0 Å². The van der Waals surface area contributed by atoms with Gasteiger partial charge in [0.05, 0.1) is 0 Å². The van der Waals surface area contributed by atoms with Crippen LogP contribution < -0.4 is 10.2 Å². The van der Waals surface area contributed by atoms with E-state index in [0.29, 0.717) is 6.04 Å². The molecule has 1 N–H and O–H groups in total. The van der Waals surface area contributed by atoms with Crippen LogP contribution in [0.4, 0.5) is 11.4 Å². The first-order chi connectivity index (χ1) is 9.70. The zero-order chi connectivity index (χ0) is 14.1. The van der Waals surface area contributed by atoms with Crippen molar-refractivity contribution in [3.8, 4) is 0 Å². The van der Waals surface area contributed by atoms with E-state index in [1.807, 2.05) is 13.2 Å². The maximum atomic E-state index is 4.44. The molecule has 1 aliphatic rings. The summed E-state index contributed by atoms with van der Waals surface area (Å²) in [6, 6.07) is 11.4. The fraction of sp³-hybridized carbons (Fsp3) is 0.353. The van der Waals surface area contributed by atoms with Crippen molar-refractivity contribution in [3.63, 3.8) is 0 Å². The minimum atomic E-state index is 0.491. The topological polar surface area (TPSA) is 28.2 Å². The van der Waals surface area contributed by atoms with E-state index in [1.165, 1.54) is 22.5 Å². The van der Waals surface area contributed by atoms with Crippen molar-refractivity contribution < 1.29 is 0 Å². The van der Waals surface area contributed by atoms with Crippen LogP contribution in [0.2, 0.25) is 0 Å². The number of hydrogen-bond acceptors (Lipinski definition) is 3. The van der Waals surface area contributed by atoms with Crippen molar-refractivity contribution in [2.75, 3.05) is 11.9 Å². The minimum Gasteiger partial charge on any atom is -0.338 e. The average molecular weight is 267 g/mol. The van der Waals surface area contributed by atoms with E-state index in [4.69, 9.17) is 0 Å². The highest BCUT2D eigenvalue weighted by Crippen LogP contribution is 2.39. The summed E-state index contributed by atoms with van der Waals surface area (Å²) in [4.78, 5) is 6.90. The van der Waals surface area contributed by atoms with Crippen molar-refractivity contribution in [2.24, 2.45) is 0 Å². The van der Waals surface area contributed by atoms with Gasteiger partial charge in [-0.1, -0.05) is 18.2 Å². The van der Waals surface area contributed by atoms with Crippen LogP contribution >= 0.6 is 0 Å². The Balaban J connectivity index is 2.11. The molecule has 0 saturated heterocycles. The van der Waals surface area contributed by atoms with Gasteiger partial charge in [-0.15, -0.1) is 0 Å². The van der Waals surface area contributed by atoms with Crippen LogP contribution in [0.5, 0.6) is 0 Å². The first kappa shape index (κ1) is 13.1. The molecule has 2 heterocycles. The molecule has 3 nitrogen and oxygen atoms in total. The van der Waals surface area contributed by atoms with Gasteiger partial charge in [0.1, 0.15) is 0 Å². The van der Waals surface area contributed by atoms with Gasteiger partial charge in [-0.25, -0.2) is 0 Å². The summed E-state index contributed by atoms with van der Waals surface area (Å²) in [6.45, 7) is 5.19. The van der Waals surface area contributed by atoms with Crippen molar-refractivity contribution in [1.82, 2.24) is 10.3 Å². The fourth-order valence-electron chi connectivity index (χ4n) is 3.06. The molecule has 0 aliphatic carbocycles. The summed E-state index contributed by atoms with van der Waals surface area (Å²) in [5, 5.41) is 3.24. The number of hydrogen-bond donors (Lipinski definition) is 1. The van der Waals surface area contributed by atoms with Crippen molar-refractivity contribution >= 4 is 11.4 Å². The van der Waals surface area contributed by atoms with Gasteiger partial charge < -0.3 is 10.2 Å². The average Bonchev–Trinajstić information content (AvgIpc) is 2.77. The van der Waals surface area contributed by atoms with Gasteiger partial charge in [0, 0.05) is 41.4 Å². The second-order valence-corrected chi connectivity index (χ2v) is 5.54. The lowest BCUT2D eigenvalue weighted by molar-refractivity contribution is 0.744. The van der Waals surface area contributed by atoms with Gasteiger partial charge >= 0.3 is 0 Å². The first-order valence-corrected chi connectivity index (χ1v) is 7.18. The predicted molar refractivity (Wildman–Crippen MR) is 83.5 cm³/mol. The Morgan fingerprint density at radius 3 is 2.90 bits per heavy atom. The monoisotopic (exact) mass is 267 g/mol. The third kappa shape index (κ3) is 2.18. The molecule has 20 heavy (non-hydrogen) atoms. The molecule has 1 unspecified atom stereocenters. The summed E-state index contributed by atoms with van der Waals surface area (Å²) in [7, 11) is 1.98. The van der Waals surface area contributed by atoms with Gasteiger partial charge in [-0.3, -0.25) is 4.98 Å². The van der Waals surface area contributed by atoms with E-state index in [0.717, 1.165) is 18.7 Å². The molecule has 1 atom stereocenters. The molecule has 1 aliphatic heterocycles. The lowest BCUT2D eigenvalue weighted by Crippen LogP contribution is -2.26. The lowest BCUT2D eigenvalue weighted by atomic mass is 10.1. The molecule has 0 amide bonds. The molecular weight excluding hydrogens is 246 g/mol. The van der Waals surface area contributed by atoms with Gasteiger partial charge in [0.2, 0.25) is 0 Å². The van der Waals surface area contributed by atoms with Gasteiger partial charge in [-0.2, -0.15) is 0 Å². The molecule has 3 heteroatoms. The molecule has 0 bridgehead atoms. The number of fused-ring (bicyclic) bond motifs is 1. The number of pyridine rings is 1. The summed E-state index contributed by atoms with van der Waals surface area (Å²) < 4.78 is 0. The summed E-state index contributed by atoms with van der Waals surface area (Å²) >= 11 is 0. The normalized spacial score (nSPS) is 17.4. The van der Waals surface area contributed by atoms with Crippen LogP contribution in [0.25, 0.3) is 0 Å². The van der Waals surface area contributed by atoms with E-state index in [1.54, 1.807) is 0 Å². The first-order valence-electron chi connectivity index (χ1n) is 7.18. The molecule has 0 spiro atoms. The van der Waals surface area contributed by atoms with Crippen LogP contribution in [-0.4, -0.2) is 18.1 Å². The smallest absolute Gasteiger partial charge is 0.0492 e. The standard InChI is InChI=1S/C17H21N3/c1-12-8-17(15(10-18-3)11-19-12)20-13(2)9-14-6-4-5-7-16(14)20/h4-8,11,13,18H,9-10H2,1-3H3. The second kappa shape index (κ2) is 5.25. The van der Waals surface area contributed by atoms with E-state index >= 15 is 0 Å². The Labute approximate surface area is 120 Å². The number of aryl methyl sites for hydroxylation is 1. The number of anilines is 2. The number of nitrogens with one attached hydrogen (secondary N) is 1. The maximum Gasteiger partial charge on any atom is 0.0492 e. The summed E-state index contributed by atoms with van der Waals surface area (Å²) in [5.74, 6) is 0. The minimum absolute atomic E-state index is 0.491. The Kier molecular flexibility index (Phi) is 3.45. The van der Waals surface area contributed by atoms with Crippen molar-refractivity contribution in [2.45, 2.75) is 32.9 Å². The summed E-state index contributed by atoms with van der Waals surface area (Å²) in [6.07, 6.45) is 3.10. The molecule has 2 aromatic rings. The highest BCUT2D eigenvalue weighted by molar-refractivity contribution is 5.73. The molecule has 1 aromatic heterocycles. The molecule has 0 saturated carbocycles. The van der Waals surface area contributed by atoms with Gasteiger partial charge in [-0.05, 0) is 45.0 Å². The third-order valence-corrected chi connectivity index (χ3v) is 3.93.